The van der Waals surface area contributed by atoms with Gasteiger partial charge in [0.2, 0.25) is 0 Å². The van der Waals surface area contributed by atoms with Gasteiger partial charge in [-0.1, -0.05) is 11.6 Å². The monoisotopic (exact) mass is 858 g/mol. The number of pyridine rings is 2. The zero-order valence-corrected chi connectivity index (χ0v) is 36.9. The van der Waals surface area contributed by atoms with Gasteiger partial charge in [-0.25, -0.2) is 9.78 Å². The molecule has 0 bridgehead atoms. The Morgan fingerprint density at radius 1 is 0.742 bits per heavy atom. The number of rotatable bonds is 3. The number of aromatic nitrogens is 4. The molecular weight excluding hydrogens is 808 g/mol. The lowest BCUT2D eigenvalue weighted by Gasteiger charge is -2.51. The van der Waals surface area contributed by atoms with Crippen molar-refractivity contribution in [2.75, 3.05) is 40.4 Å². The van der Waals surface area contributed by atoms with Gasteiger partial charge in [-0.2, -0.15) is 0 Å². The number of amides is 3. The van der Waals surface area contributed by atoms with Crippen molar-refractivity contribution in [1.29, 1.82) is 0 Å². The highest BCUT2D eigenvalue weighted by atomic mass is 35.5. The van der Waals surface area contributed by atoms with Gasteiger partial charge in [0.15, 0.2) is 0 Å². The third kappa shape index (κ3) is 6.52. The summed E-state index contributed by atoms with van der Waals surface area (Å²) in [4.78, 5) is 49.3. The van der Waals surface area contributed by atoms with Crippen LogP contribution in [0.1, 0.15) is 75.1 Å². The first-order valence-corrected chi connectivity index (χ1v) is 21.6. The summed E-state index contributed by atoms with van der Waals surface area (Å²) in [6, 6.07) is 9.83. The number of carbonyl (C=O) groups is 3. The fourth-order valence-electron chi connectivity index (χ4n) is 10.4. The molecule has 4 aromatic heterocycles. The number of aryl methyl sites for hydroxylation is 2. The average Bonchev–Trinajstić information content (AvgIpc) is 3.68. The van der Waals surface area contributed by atoms with E-state index in [9.17, 15) is 14.4 Å². The standard InChI is InChI=1S/C25H26N4O3.C22H25ClN4O3/c1-29-21-10-25(12-26-13-25)28-24(30)22(21)18-5-4-14-11-27-20(9-19(14)23(18)29)15-6-16(31-2)8-17(7-15)32-3;1-21(2,3)30-20(29)27-10-22(11-27)8-15-17(19(28)25-22)13-6-5-12-9-24-16(23)7-14(12)18(13)26(15)4/h6-9,11,26H,4-5,10,12-13H2,1-3H3,(H,28,30);7,9H,5-6,8,10-11H2,1-4H3,(H,25,28). The summed E-state index contributed by atoms with van der Waals surface area (Å²) in [5, 5.41) is 10.2. The average molecular weight is 859 g/mol. The molecule has 3 N–H and O–H groups in total. The van der Waals surface area contributed by atoms with E-state index in [0.29, 0.717) is 24.7 Å². The summed E-state index contributed by atoms with van der Waals surface area (Å²) in [5.74, 6) is 1.47. The summed E-state index contributed by atoms with van der Waals surface area (Å²) in [6.45, 7) is 8.12. The van der Waals surface area contributed by atoms with Crippen molar-refractivity contribution >= 4 is 29.5 Å². The first-order valence-electron chi connectivity index (χ1n) is 21.2. The maximum atomic E-state index is 13.2. The quantitative estimate of drug-likeness (QED) is 0.197. The topological polar surface area (TPSA) is 154 Å². The SMILES string of the molecule is COc1cc(OC)cc(-c2cc3c(cn2)CCc2c4c(n(C)c2-3)CC2(CNC2)NC4=O)c1.Cn1c2c(c3c1-c1cc(Cl)ncc1CC3)C(=O)NC1(C2)CN(C(=O)OC(C)(C)C)C1. The Balaban J connectivity index is 0.000000148. The Morgan fingerprint density at radius 2 is 1.27 bits per heavy atom. The molecule has 6 aliphatic rings. The van der Waals surface area contributed by atoms with Crippen molar-refractivity contribution in [2.24, 2.45) is 14.1 Å². The van der Waals surface area contributed by atoms with Crippen LogP contribution in [-0.4, -0.2) is 99.0 Å². The van der Waals surface area contributed by atoms with Crippen molar-refractivity contribution < 1.29 is 28.6 Å². The molecule has 0 radical (unpaired) electrons. The van der Waals surface area contributed by atoms with Crippen LogP contribution in [0.15, 0.2) is 42.7 Å². The van der Waals surface area contributed by atoms with E-state index in [1.165, 1.54) is 5.56 Å². The summed E-state index contributed by atoms with van der Waals surface area (Å²) < 4.78 is 20.7. The van der Waals surface area contributed by atoms with Gasteiger partial charge in [-0.15, -0.1) is 0 Å². The highest BCUT2D eigenvalue weighted by Crippen LogP contribution is 2.44. The first-order chi connectivity index (χ1) is 29.6. The predicted molar refractivity (Wildman–Crippen MR) is 234 cm³/mol. The molecule has 2 saturated heterocycles. The summed E-state index contributed by atoms with van der Waals surface area (Å²) in [6.07, 6.45) is 8.41. The van der Waals surface area contributed by atoms with Crippen LogP contribution in [0.3, 0.4) is 0 Å². The van der Waals surface area contributed by atoms with Gasteiger partial charge in [0.05, 0.1) is 53.5 Å². The maximum absolute atomic E-state index is 13.2. The van der Waals surface area contributed by atoms with Crippen LogP contribution < -0.4 is 25.4 Å². The van der Waals surface area contributed by atoms with Crippen molar-refractivity contribution in [1.82, 2.24) is 40.0 Å². The zero-order valence-electron chi connectivity index (χ0n) is 36.2. The normalized spacial score (nSPS) is 18.2. The van der Waals surface area contributed by atoms with Crippen LogP contribution in [0.5, 0.6) is 11.5 Å². The molecule has 11 rings (SSSR count). The van der Waals surface area contributed by atoms with E-state index in [1.54, 1.807) is 19.1 Å². The molecule has 5 aromatic rings. The number of fused-ring (bicyclic) bond motifs is 10. The minimum Gasteiger partial charge on any atom is -0.497 e. The van der Waals surface area contributed by atoms with Crippen molar-refractivity contribution in [2.45, 2.75) is 76.0 Å². The number of hydrogen-bond donors (Lipinski definition) is 3. The number of likely N-dealkylation sites (tertiary alicyclic amines) is 1. The van der Waals surface area contributed by atoms with E-state index in [1.807, 2.05) is 64.5 Å². The molecule has 8 heterocycles. The van der Waals surface area contributed by atoms with Gasteiger partial charge >= 0.3 is 6.09 Å². The van der Waals surface area contributed by atoms with Crippen LogP contribution >= 0.6 is 11.6 Å². The molecule has 1 aromatic carbocycles. The van der Waals surface area contributed by atoms with Gasteiger partial charge in [0.25, 0.3) is 11.8 Å². The van der Waals surface area contributed by atoms with Gasteiger partial charge in [0, 0.05) is 99.7 Å². The van der Waals surface area contributed by atoms with E-state index < -0.39 is 11.1 Å². The van der Waals surface area contributed by atoms with E-state index in [2.05, 4.69) is 43.2 Å². The van der Waals surface area contributed by atoms with Crippen molar-refractivity contribution in [3.63, 3.8) is 0 Å². The Kier molecular flexibility index (Phi) is 9.31. The fourth-order valence-corrected chi connectivity index (χ4v) is 10.6. The second kappa shape index (κ2) is 14.3. The van der Waals surface area contributed by atoms with Crippen LogP contribution in [0.2, 0.25) is 5.15 Å². The summed E-state index contributed by atoms with van der Waals surface area (Å²) in [7, 11) is 7.40. The molecule has 0 saturated carbocycles. The van der Waals surface area contributed by atoms with Crippen molar-refractivity contribution in [3.8, 4) is 45.3 Å². The zero-order chi connectivity index (χ0) is 43.5. The third-order valence-electron chi connectivity index (χ3n) is 13.4. The van der Waals surface area contributed by atoms with Crippen molar-refractivity contribution in [3.05, 3.63) is 92.6 Å². The number of benzene rings is 1. The Morgan fingerprint density at radius 3 is 1.81 bits per heavy atom. The number of halogens is 1. The number of nitrogens with zero attached hydrogens (tertiary/aromatic N) is 5. The highest BCUT2D eigenvalue weighted by molar-refractivity contribution is 6.29. The Labute approximate surface area is 365 Å². The minimum absolute atomic E-state index is 0.0551. The lowest BCUT2D eigenvalue weighted by molar-refractivity contribution is -0.0170. The molecule has 4 aliphatic heterocycles. The lowest BCUT2D eigenvalue weighted by Crippen LogP contribution is -2.74. The molecule has 15 heteroatoms. The first kappa shape index (κ1) is 40.2. The molecular formula is C47H51ClN8O6. The molecule has 2 spiro atoms. The molecule has 14 nitrogen and oxygen atoms in total. The van der Waals surface area contributed by atoms with Crippen LogP contribution in [0.4, 0.5) is 4.79 Å². The second-order valence-electron chi connectivity index (χ2n) is 18.7. The van der Waals surface area contributed by atoms with Crippen LogP contribution in [0.25, 0.3) is 33.8 Å². The van der Waals surface area contributed by atoms with E-state index in [0.717, 1.165) is 130 Å². The molecule has 0 atom stereocenters. The lowest BCUT2D eigenvalue weighted by atomic mass is 9.80. The number of ether oxygens (including phenoxy) is 3. The van der Waals surface area contributed by atoms with E-state index >= 15 is 0 Å². The second-order valence-corrected chi connectivity index (χ2v) is 19.1. The van der Waals surface area contributed by atoms with Gasteiger partial charge in [-0.05, 0) is 93.0 Å². The fraction of sp³-hybridized carbons (Fsp3) is 0.426. The maximum Gasteiger partial charge on any atom is 0.410 e. The smallest absolute Gasteiger partial charge is 0.410 e. The van der Waals surface area contributed by atoms with E-state index in [4.69, 9.17) is 30.8 Å². The largest absolute Gasteiger partial charge is 0.497 e. The third-order valence-corrected chi connectivity index (χ3v) is 13.6. The minimum atomic E-state index is -0.538. The van der Waals surface area contributed by atoms with E-state index in [-0.39, 0.29) is 23.4 Å². The highest BCUT2D eigenvalue weighted by Gasteiger charge is 2.52. The molecule has 62 heavy (non-hydrogen) atoms. The molecule has 3 amide bonds. The number of carbonyl (C=O) groups excluding carboxylic acids is 3. The number of nitrogens with one attached hydrogen (secondary N) is 3. The van der Waals surface area contributed by atoms with Crippen LogP contribution in [0, 0.1) is 0 Å². The Hall–Kier alpha value is -5.86. The number of methoxy groups -OCH3 is 2. The predicted octanol–water partition coefficient (Wildman–Crippen LogP) is 5.61. The molecule has 2 fully saturated rings. The summed E-state index contributed by atoms with van der Waals surface area (Å²) in [5.41, 5.74) is 13.5. The van der Waals surface area contributed by atoms with Gasteiger partial charge < -0.3 is 44.2 Å². The van der Waals surface area contributed by atoms with Crippen LogP contribution in [-0.2, 0) is 57.4 Å². The summed E-state index contributed by atoms with van der Waals surface area (Å²) >= 11 is 6.17. The number of hydrogen-bond acceptors (Lipinski definition) is 9. The van der Waals surface area contributed by atoms with Gasteiger partial charge in [-0.3, -0.25) is 14.6 Å². The Bertz CT molecular complexity index is 2710. The molecule has 322 valence electrons. The van der Waals surface area contributed by atoms with Gasteiger partial charge in [0.1, 0.15) is 22.3 Å². The molecule has 2 aliphatic carbocycles. The molecule has 0 unspecified atom stereocenters.